The van der Waals surface area contributed by atoms with Gasteiger partial charge in [-0.3, -0.25) is 0 Å². The summed E-state index contributed by atoms with van der Waals surface area (Å²) in [6.45, 7) is 7.76. The summed E-state index contributed by atoms with van der Waals surface area (Å²) in [5.74, 6) is -1.72. The number of carboxylic acids is 1. The second-order valence-electron chi connectivity index (χ2n) is 7.04. The van der Waals surface area contributed by atoms with Gasteiger partial charge in [0.15, 0.2) is 0 Å². The van der Waals surface area contributed by atoms with Crippen molar-refractivity contribution in [1.82, 2.24) is 5.32 Å². The molecule has 1 aliphatic rings. The lowest BCUT2D eigenvalue weighted by molar-refractivity contribution is -0.140. The van der Waals surface area contributed by atoms with Crippen molar-refractivity contribution in [1.29, 1.82) is 0 Å². The minimum absolute atomic E-state index is 0.184. The fraction of sp³-hybridized carbons (Fsp3) is 0.455. The summed E-state index contributed by atoms with van der Waals surface area (Å²) >= 11 is 0. The van der Waals surface area contributed by atoms with Crippen LogP contribution >= 0.6 is 0 Å². The van der Waals surface area contributed by atoms with Crippen molar-refractivity contribution in [2.75, 3.05) is 13.7 Å². The molecule has 0 aliphatic carbocycles. The minimum Gasteiger partial charge on any atom is -0.497 e. The van der Waals surface area contributed by atoms with Crippen LogP contribution in [-0.2, 0) is 14.3 Å². The molecule has 6 heteroatoms. The van der Waals surface area contributed by atoms with Crippen molar-refractivity contribution in [3.05, 3.63) is 52.4 Å². The minimum atomic E-state index is -1.05. The molecule has 1 aromatic carbocycles. The van der Waals surface area contributed by atoms with Gasteiger partial charge < -0.3 is 19.9 Å². The molecule has 0 aromatic heterocycles. The second-order valence-corrected chi connectivity index (χ2v) is 7.04. The number of allylic oxidation sites excluding steroid dienone is 2. The number of carbonyl (C=O) groups is 2. The van der Waals surface area contributed by atoms with E-state index in [1.807, 2.05) is 38.1 Å². The van der Waals surface area contributed by atoms with Gasteiger partial charge >= 0.3 is 11.9 Å². The number of nitrogens with one attached hydrogen (secondary N) is 1. The van der Waals surface area contributed by atoms with Gasteiger partial charge in [0, 0.05) is 17.3 Å². The molecule has 1 aromatic rings. The molecule has 1 heterocycles. The molecule has 2 N–H and O–H groups in total. The van der Waals surface area contributed by atoms with Crippen LogP contribution in [-0.4, -0.2) is 30.8 Å². The van der Waals surface area contributed by atoms with Crippen LogP contribution in [0.25, 0.3) is 0 Å². The summed E-state index contributed by atoms with van der Waals surface area (Å²) in [6, 6.07) is 7.48. The summed E-state index contributed by atoms with van der Waals surface area (Å²) in [5, 5.41) is 12.9. The molecule has 0 saturated carbocycles. The lowest BCUT2D eigenvalue weighted by Crippen LogP contribution is -2.35. The molecule has 0 saturated heterocycles. The zero-order valence-electron chi connectivity index (χ0n) is 17.2. The molecular weight excluding hydrogens is 358 g/mol. The highest BCUT2D eigenvalue weighted by Crippen LogP contribution is 2.41. The Kier molecular flexibility index (Phi) is 7.26. The normalized spacial score (nSPS) is 17.8. The highest BCUT2D eigenvalue weighted by molar-refractivity contribution is 5.97. The predicted molar refractivity (Wildman–Crippen MR) is 107 cm³/mol. The van der Waals surface area contributed by atoms with Gasteiger partial charge in [-0.2, -0.15) is 0 Å². The molecule has 6 nitrogen and oxygen atoms in total. The van der Waals surface area contributed by atoms with E-state index in [9.17, 15) is 14.7 Å². The maximum absolute atomic E-state index is 12.9. The molecule has 0 bridgehead atoms. The largest absolute Gasteiger partial charge is 0.497 e. The van der Waals surface area contributed by atoms with Crippen LogP contribution in [0.5, 0.6) is 5.75 Å². The number of carbonyl (C=O) groups excluding carboxylic acids is 1. The predicted octanol–water partition coefficient (Wildman–Crippen LogP) is 3.99. The standard InChI is InChI=1S/C22H29NO5/c1-6-7-11-28-22(26)20-15(4)23-14(3)19(21(24)25)18(20)13(2)16-9-8-10-17(12-16)27-5/h8-10,12-13,18,23H,6-7,11H2,1-5H3,(H,24,25). The number of rotatable bonds is 8. The quantitative estimate of drug-likeness (QED) is 0.518. The van der Waals surface area contributed by atoms with E-state index in [4.69, 9.17) is 9.47 Å². The van der Waals surface area contributed by atoms with Crippen molar-refractivity contribution in [2.45, 2.75) is 46.5 Å². The summed E-state index contributed by atoms with van der Waals surface area (Å²) in [5.41, 5.74) is 2.61. The molecule has 1 aliphatic heterocycles. The zero-order valence-corrected chi connectivity index (χ0v) is 17.2. The topological polar surface area (TPSA) is 84.9 Å². The first-order chi connectivity index (χ1) is 13.3. The number of dihydropyridines is 1. The summed E-state index contributed by atoms with van der Waals surface area (Å²) in [7, 11) is 1.58. The Morgan fingerprint density at radius 3 is 2.50 bits per heavy atom. The van der Waals surface area contributed by atoms with Gasteiger partial charge in [0.2, 0.25) is 0 Å². The monoisotopic (exact) mass is 387 g/mol. The maximum atomic E-state index is 12.9. The van der Waals surface area contributed by atoms with Crippen molar-refractivity contribution in [3.63, 3.8) is 0 Å². The van der Waals surface area contributed by atoms with Crippen LogP contribution in [0, 0.1) is 5.92 Å². The van der Waals surface area contributed by atoms with Crippen LogP contribution in [0.4, 0.5) is 0 Å². The fourth-order valence-corrected chi connectivity index (χ4v) is 3.60. The van der Waals surface area contributed by atoms with E-state index in [2.05, 4.69) is 5.32 Å². The van der Waals surface area contributed by atoms with Crippen LogP contribution < -0.4 is 10.1 Å². The number of methoxy groups -OCH3 is 1. The van der Waals surface area contributed by atoms with Gasteiger partial charge in [0.25, 0.3) is 0 Å². The van der Waals surface area contributed by atoms with E-state index in [0.717, 1.165) is 18.4 Å². The van der Waals surface area contributed by atoms with Crippen molar-refractivity contribution >= 4 is 11.9 Å². The smallest absolute Gasteiger partial charge is 0.336 e. The van der Waals surface area contributed by atoms with Crippen LogP contribution in [0.2, 0.25) is 0 Å². The zero-order chi connectivity index (χ0) is 20.8. The third-order valence-electron chi connectivity index (χ3n) is 5.11. The Bertz CT molecular complexity index is 809. The summed E-state index contributed by atoms with van der Waals surface area (Å²) < 4.78 is 10.7. The molecular formula is C22H29NO5. The van der Waals surface area contributed by atoms with Gasteiger partial charge in [-0.25, -0.2) is 9.59 Å². The lowest BCUT2D eigenvalue weighted by Gasteiger charge is -2.33. The molecule has 2 unspecified atom stereocenters. The highest BCUT2D eigenvalue weighted by atomic mass is 16.5. The summed E-state index contributed by atoms with van der Waals surface area (Å²) in [6.07, 6.45) is 1.68. The number of carboxylic acid groups (broad SMARTS) is 1. The Morgan fingerprint density at radius 1 is 1.21 bits per heavy atom. The third kappa shape index (κ3) is 4.55. The molecule has 2 rings (SSSR count). The second kappa shape index (κ2) is 9.44. The molecule has 2 atom stereocenters. The Labute approximate surface area is 166 Å². The van der Waals surface area contributed by atoms with E-state index in [1.54, 1.807) is 21.0 Å². The third-order valence-corrected chi connectivity index (χ3v) is 5.11. The number of aliphatic carboxylic acids is 1. The number of hydrogen-bond acceptors (Lipinski definition) is 5. The number of esters is 1. The van der Waals surface area contributed by atoms with Crippen molar-refractivity contribution in [3.8, 4) is 5.75 Å². The van der Waals surface area contributed by atoms with E-state index >= 15 is 0 Å². The average Bonchev–Trinajstić information content (AvgIpc) is 2.66. The first kappa shape index (κ1) is 21.5. The van der Waals surface area contributed by atoms with E-state index in [0.29, 0.717) is 29.3 Å². The van der Waals surface area contributed by atoms with Crippen LogP contribution in [0.15, 0.2) is 46.8 Å². The molecule has 28 heavy (non-hydrogen) atoms. The van der Waals surface area contributed by atoms with Crippen molar-refractivity contribution in [2.24, 2.45) is 5.92 Å². The van der Waals surface area contributed by atoms with Gasteiger partial charge in [-0.05, 0) is 43.9 Å². The van der Waals surface area contributed by atoms with Crippen LogP contribution in [0.1, 0.15) is 52.0 Å². The van der Waals surface area contributed by atoms with Gasteiger partial charge in [-0.1, -0.05) is 32.4 Å². The molecule has 0 radical (unpaired) electrons. The number of benzene rings is 1. The van der Waals surface area contributed by atoms with Gasteiger partial charge in [-0.15, -0.1) is 0 Å². The summed E-state index contributed by atoms with van der Waals surface area (Å²) in [4.78, 5) is 24.9. The van der Waals surface area contributed by atoms with E-state index in [1.165, 1.54) is 0 Å². The fourth-order valence-electron chi connectivity index (χ4n) is 3.60. The Balaban J connectivity index is 2.50. The van der Waals surface area contributed by atoms with Gasteiger partial charge in [0.1, 0.15) is 5.75 Å². The number of unbranched alkanes of at least 4 members (excludes halogenated alkanes) is 1. The lowest BCUT2D eigenvalue weighted by atomic mass is 9.74. The van der Waals surface area contributed by atoms with E-state index in [-0.39, 0.29) is 11.5 Å². The van der Waals surface area contributed by atoms with E-state index < -0.39 is 17.9 Å². The number of hydrogen-bond donors (Lipinski definition) is 2. The highest BCUT2D eigenvalue weighted by Gasteiger charge is 2.39. The SMILES string of the molecule is CCCCOC(=O)C1=C(C)NC(C)=C(C(=O)O)C1C(C)c1cccc(OC)c1. The number of ether oxygens (including phenoxy) is 2. The molecule has 152 valence electrons. The molecule has 0 spiro atoms. The first-order valence-electron chi connectivity index (χ1n) is 9.54. The molecule has 0 amide bonds. The Hall–Kier alpha value is -2.76. The first-order valence-corrected chi connectivity index (χ1v) is 9.54. The average molecular weight is 387 g/mol. The van der Waals surface area contributed by atoms with Gasteiger partial charge in [0.05, 0.1) is 24.9 Å². The van der Waals surface area contributed by atoms with Crippen LogP contribution in [0.3, 0.4) is 0 Å². The Morgan fingerprint density at radius 2 is 1.89 bits per heavy atom. The maximum Gasteiger partial charge on any atom is 0.336 e. The van der Waals surface area contributed by atoms with Crippen molar-refractivity contribution < 1.29 is 24.2 Å². The molecule has 0 fully saturated rings.